The average Bonchev–Trinajstić information content (AvgIpc) is 2.63. The number of phenols is 1. The molecule has 5 nitrogen and oxygen atoms in total. The van der Waals surface area contributed by atoms with Crippen LogP contribution in [0.5, 0.6) is 11.5 Å². The molecule has 130 valence electrons. The van der Waals surface area contributed by atoms with Gasteiger partial charge in [-0.1, -0.05) is 18.2 Å². The van der Waals surface area contributed by atoms with E-state index in [4.69, 9.17) is 9.47 Å². The second kappa shape index (κ2) is 7.07. The lowest BCUT2D eigenvalue weighted by Crippen LogP contribution is -2.23. The van der Waals surface area contributed by atoms with Gasteiger partial charge in [0.2, 0.25) is 5.78 Å². The van der Waals surface area contributed by atoms with E-state index in [1.165, 1.54) is 13.2 Å². The van der Waals surface area contributed by atoms with Gasteiger partial charge in [0.15, 0.2) is 5.78 Å². The molecule has 0 amide bonds. The molecule has 3 rings (SSSR count). The number of aromatic hydroxyl groups is 1. The first-order valence-electron chi connectivity index (χ1n) is 8.20. The number of rotatable bonds is 6. The van der Waals surface area contributed by atoms with E-state index in [2.05, 4.69) is 0 Å². The number of unbranched alkanes of at least 4 members (excludes halogenated alkanes) is 1. The van der Waals surface area contributed by atoms with Crippen LogP contribution in [0, 0.1) is 0 Å². The van der Waals surface area contributed by atoms with Crippen LogP contribution in [0.15, 0.2) is 30.3 Å². The third-order valence-electron chi connectivity index (χ3n) is 4.49. The zero-order valence-corrected chi connectivity index (χ0v) is 14.3. The number of methoxy groups -OCH3 is 2. The summed E-state index contributed by atoms with van der Waals surface area (Å²) in [6, 6.07) is 8.16. The van der Waals surface area contributed by atoms with Crippen molar-refractivity contribution in [2.24, 2.45) is 0 Å². The number of fused-ring (bicyclic) bond motifs is 2. The topological polar surface area (TPSA) is 72.8 Å². The van der Waals surface area contributed by atoms with Crippen molar-refractivity contribution in [1.82, 2.24) is 0 Å². The van der Waals surface area contributed by atoms with Crippen molar-refractivity contribution in [3.63, 3.8) is 0 Å². The Kier molecular flexibility index (Phi) is 4.86. The highest BCUT2D eigenvalue weighted by Gasteiger charge is 2.35. The Labute approximate surface area is 146 Å². The minimum absolute atomic E-state index is 0.0752. The first-order valence-corrected chi connectivity index (χ1v) is 8.20. The SMILES string of the molecule is COCCCCc1ccc(O)c2c1C(=O)c1cccc(OC)c1C2=O. The molecular formula is C20H20O5. The smallest absolute Gasteiger partial charge is 0.201 e. The van der Waals surface area contributed by atoms with Crippen molar-refractivity contribution in [3.05, 3.63) is 58.1 Å². The summed E-state index contributed by atoms with van der Waals surface area (Å²) in [6.45, 7) is 0.646. The van der Waals surface area contributed by atoms with Crippen LogP contribution in [0.3, 0.4) is 0 Å². The van der Waals surface area contributed by atoms with Crippen LogP contribution in [0.2, 0.25) is 0 Å². The molecular weight excluding hydrogens is 320 g/mol. The number of phenolic OH excluding ortho intramolecular Hbond substituents is 1. The van der Waals surface area contributed by atoms with Crippen molar-refractivity contribution in [1.29, 1.82) is 0 Å². The van der Waals surface area contributed by atoms with Gasteiger partial charge in [-0.3, -0.25) is 9.59 Å². The lowest BCUT2D eigenvalue weighted by atomic mass is 9.80. The first kappa shape index (κ1) is 17.2. The predicted molar refractivity (Wildman–Crippen MR) is 92.8 cm³/mol. The number of carbonyl (C=O) groups excluding carboxylic acids is 2. The zero-order valence-electron chi connectivity index (χ0n) is 14.3. The van der Waals surface area contributed by atoms with E-state index in [0.717, 1.165) is 18.4 Å². The average molecular weight is 340 g/mol. The lowest BCUT2D eigenvalue weighted by Gasteiger charge is -2.22. The Balaban J connectivity index is 2.09. The van der Waals surface area contributed by atoms with Gasteiger partial charge in [0.05, 0.1) is 18.2 Å². The number of hydrogen-bond donors (Lipinski definition) is 1. The van der Waals surface area contributed by atoms with Crippen LogP contribution in [0.25, 0.3) is 0 Å². The Morgan fingerprint density at radius 2 is 1.72 bits per heavy atom. The first-order chi connectivity index (χ1) is 12.1. The van der Waals surface area contributed by atoms with E-state index in [1.54, 1.807) is 31.4 Å². The van der Waals surface area contributed by atoms with Crippen LogP contribution in [0.4, 0.5) is 0 Å². The molecule has 1 aliphatic rings. The quantitative estimate of drug-likeness (QED) is 0.698. The van der Waals surface area contributed by atoms with Gasteiger partial charge in [0.1, 0.15) is 11.5 Å². The van der Waals surface area contributed by atoms with E-state index in [1.807, 2.05) is 0 Å². The maximum absolute atomic E-state index is 13.0. The van der Waals surface area contributed by atoms with E-state index in [0.29, 0.717) is 29.9 Å². The fraction of sp³-hybridized carbons (Fsp3) is 0.300. The van der Waals surface area contributed by atoms with Crippen molar-refractivity contribution >= 4 is 11.6 Å². The van der Waals surface area contributed by atoms with Crippen molar-refractivity contribution in [3.8, 4) is 11.5 Å². The molecule has 0 aromatic heterocycles. The third kappa shape index (κ3) is 2.91. The Morgan fingerprint density at radius 1 is 0.920 bits per heavy atom. The highest BCUT2D eigenvalue weighted by molar-refractivity contribution is 6.30. The van der Waals surface area contributed by atoms with Crippen LogP contribution >= 0.6 is 0 Å². The van der Waals surface area contributed by atoms with Crippen molar-refractivity contribution in [2.75, 3.05) is 20.8 Å². The lowest BCUT2D eigenvalue weighted by molar-refractivity contribution is 0.0973. The van der Waals surface area contributed by atoms with Gasteiger partial charge >= 0.3 is 0 Å². The summed E-state index contributed by atoms with van der Waals surface area (Å²) < 4.78 is 10.3. The Hall–Kier alpha value is -2.66. The summed E-state index contributed by atoms with van der Waals surface area (Å²) in [7, 11) is 3.10. The molecule has 1 N–H and O–H groups in total. The summed E-state index contributed by atoms with van der Waals surface area (Å²) in [4.78, 5) is 26.0. The van der Waals surface area contributed by atoms with Crippen molar-refractivity contribution in [2.45, 2.75) is 19.3 Å². The molecule has 2 aromatic carbocycles. The summed E-state index contributed by atoms with van der Waals surface area (Å²) >= 11 is 0. The molecule has 0 atom stereocenters. The molecule has 5 heteroatoms. The number of ether oxygens (including phenoxy) is 2. The van der Waals surface area contributed by atoms with Crippen LogP contribution < -0.4 is 4.74 Å². The number of hydrogen-bond acceptors (Lipinski definition) is 5. The normalized spacial score (nSPS) is 12.7. The summed E-state index contributed by atoms with van der Waals surface area (Å²) in [5.41, 5.74) is 1.69. The van der Waals surface area contributed by atoms with Gasteiger partial charge in [-0.25, -0.2) is 0 Å². The molecule has 0 saturated heterocycles. The third-order valence-corrected chi connectivity index (χ3v) is 4.49. The van der Waals surface area contributed by atoms with E-state index >= 15 is 0 Å². The maximum Gasteiger partial charge on any atom is 0.201 e. The summed E-state index contributed by atoms with van der Waals surface area (Å²) in [5.74, 6) is -0.462. The van der Waals surface area contributed by atoms with E-state index in [9.17, 15) is 14.7 Å². The zero-order chi connectivity index (χ0) is 18.0. The highest BCUT2D eigenvalue weighted by atomic mass is 16.5. The fourth-order valence-electron chi connectivity index (χ4n) is 3.28. The summed E-state index contributed by atoms with van der Waals surface area (Å²) in [5, 5.41) is 10.2. The number of carbonyl (C=O) groups is 2. The van der Waals surface area contributed by atoms with Gasteiger partial charge in [-0.05, 0) is 37.0 Å². The van der Waals surface area contributed by atoms with Gasteiger partial charge in [-0.2, -0.15) is 0 Å². The number of ketones is 2. The second-order valence-corrected chi connectivity index (χ2v) is 5.98. The summed E-state index contributed by atoms with van der Waals surface area (Å²) in [6.07, 6.45) is 2.33. The van der Waals surface area contributed by atoms with E-state index in [-0.39, 0.29) is 28.4 Å². The minimum Gasteiger partial charge on any atom is -0.507 e. The van der Waals surface area contributed by atoms with Crippen molar-refractivity contribution < 1.29 is 24.2 Å². The molecule has 0 radical (unpaired) electrons. The number of benzene rings is 2. The monoisotopic (exact) mass is 340 g/mol. The van der Waals surface area contributed by atoms with Gasteiger partial charge in [0, 0.05) is 24.8 Å². The minimum atomic E-state index is -0.377. The Bertz CT molecular complexity index is 838. The van der Waals surface area contributed by atoms with Crippen LogP contribution in [0.1, 0.15) is 50.2 Å². The van der Waals surface area contributed by atoms with E-state index < -0.39 is 0 Å². The molecule has 1 aliphatic carbocycles. The van der Waals surface area contributed by atoms with Crippen LogP contribution in [-0.4, -0.2) is 37.5 Å². The molecule has 2 aromatic rings. The largest absolute Gasteiger partial charge is 0.507 e. The van der Waals surface area contributed by atoms with Crippen LogP contribution in [-0.2, 0) is 11.2 Å². The number of aryl methyl sites for hydroxylation is 1. The molecule has 0 heterocycles. The molecule has 0 fully saturated rings. The van der Waals surface area contributed by atoms with Gasteiger partial charge in [0.25, 0.3) is 0 Å². The molecule has 0 spiro atoms. The standard InChI is InChI=1S/C20H20O5/c1-24-11-4-3-6-12-9-10-14(21)18-16(12)19(22)13-7-5-8-15(25-2)17(13)20(18)23/h5,7-10,21H,3-4,6,11H2,1-2H3. The van der Waals surface area contributed by atoms with Gasteiger partial charge < -0.3 is 14.6 Å². The fourth-order valence-corrected chi connectivity index (χ4v) is 3.28. The predicted octanol–water partition coefficient (Wildman–Crippen LogP) is 3.15. The molecule has 0 unspecified atom stereocenters. The molecule has 0 bridgehead atoms. The maximum atomic E-state index is 13.0. The van der Waals surface area contributed by atoms with Gasteiger partial charge in [-0.15, -0.1) is 0 Å². The second-order valence-electron chi connectivity index (χ2n) is 5.98. The molecule has 25 heavy (non-hydrogen) atoms. The Morgan fingerprint density at radius 3 is 2.44 bits per heavy atom. The molecule has 0 saturated carbocycles. The molecule has 0 aliphatic heterocycles. The highest BCUT2D eigenvalue weighted by Crippen LogP contribution is 2.38.